The van der Waals surface area contributed by atoms with Gasteiger partial charge in [0.2, 0.25) is 0 Å². The topological polar surface area (TPSA) is 59.8 Å². The van der Waals surface area contributed by atoms with Crippen molar-refractivity contribution in [3.63, 3.8) is 0 Å². The van der Waals surface area contributed by atoms with Crippen LogP contribution in [-0.4, -0.2) is 61.0 Å². The van der Waals surface area contributed by atoms with Gasteiger partial charge in [0.15, 0.2) is 0 Å². The number of halogens is 1. The normalized spacial score (nSPS) is 12.9. The number of fused-ring (bicyclic) bond motifs is 1. The van der Waals surface area contributed by atoms with Gasteiger partial charge in [-0.05, 0) is 41.0 Å². The van der Waals surface area contributed by atoms with Gasteiger partial charge in [0, 0.05) is 43.8 Å². The lowest BCUT2D eigenvalue weighted by Crippen LogP contribution is -2.29. The van der Waals surface area contributed by atoms with Gasteiger partial charge in [0.25, 0.3) is 0 Å². The first kappa shape index (κ1) is 17.8. The minimum Gasteiger partial charge on any atom is -0.492 e. The molecular weight excluding hydrogens is 384 g/mol. The standard InChI is InChI=1S/C18H21BrN4O2/c1-23(8-10-25-18-21-12-15(19)13-22-18)7-9-24-17-4-2-3-14-11-20-6-5-16(14)17/h2-4,11-13H,5-10H2,1H3. The number of hydrogen-bond donors (Lipinski definition) is 0. The molecule has 1 aromatic carbocycles. The molecule has 1 aliphatic rings. The van der Waals surface area contributed by atoms with E-state index in [-0.39, 0.29) is 0 Å². The SMILES string of the molecule is CN(CCOc1ncc(Br)cn1)CCOc1cccc2c1CCN=C2. The van der Waals surface area contributed by atoms with Crippen molar-refractivity contribution >= 4 is 22.1 Å². The van der Waals surface area contributed by atoms with Crippen LogP contribution in [-0.2, 0) is 6.42 Å². The van der Waals surface area contributed by atoms with Crippen LogP contribution in [0.3, 0.4) is 0 Å². The highest BCUT2D eigenvalue weighted by molar-refractivity contribution is 9.10. The van der Waals surface area contributed by atoms with E-state index >= 15 is 0 Å². The van der Waals surface area contributed by atoms with Crippen LogP contribution in [0.15, 0.2) is 40.1 Å². The highest BCUT2D eigenvalue weighted by Gasteiger charge is 2.11. The average molecular weight is 405 g/mol. The molecule has 132 valence electrons. The Morgan fingerprint density at radius 1 is 1.12 bits per heavy atom. The summed E-state index contributed by atoms with van der Waals surface area (Å²) in [7, 11) is 2.04. The fourth-order valence-electron chi connectivity index (χ4n) is 2.54. The van der Waals surface area contributed by atoms with Crippen LogP contribution in [0, 0.1) is 0 Å². The van der Waals surface area contributed by atoms with Crippen LogP contribution >= 0.6 is 15.9 Å². The molecule has 7 heteroatoms. The predicted molar refractivity (Wildman–Crippen MR) is 101 cm³/mol. The zero-order valence-electron chi connectivity index (χ0n) is 14.2. The Balaban J connectivity index is 1.39. The van der Waals surface area contributed by atoms with Crippen molar-refractivity contribution in [2.45, 2.75) is 6.42 Å². The lowest BCUT2D eigenvalue weighted by molar-refractivity contribution is 0.195. The Labute approximate surface area is 156 Å². The maximum absolute atomic E-state index is 5.98. The summed E-state index contributed by atoms with van der Waals surface area (Å²) in [5, 5.41) is 0. The highest BCUT2D eigenvalue weighted by Crippen LogP contribution is 2.24. The van der Waals surface area contributed by atoms with E-state index in [0.717, 1.165) is 36.3 Å². The average Bonchev–Trinajstić information content (AvgIpc) is 2.64. The summed E-state index contributed by atoms with van der Waals surface area (Å²) in [5.74, 6) is 0.969. The molecule has 1 aliphatic heterocycles. The van der Waals surface area contributed by atoms with Crippen molar-refractivity contribution in [1.29, 1.82) is 0 Å². The third-order valence-corrected chi connectivity index (χ3v) is 4.33. The van der Waals surface area contributed by atoms with Gasteiger partial charge in [-0.15, -0.1) is 0 Å². The molecule has 0 radical (unpaired) electrons. The van der Waals surface area contributed by atoms with E-state index in [4.69, 9.17) is 9.47 Å². The summed E-state index contributed by atoms with van der Waals surface area (Å²) in [4.78, 5) is 14.6. The maximum atomic E-state index is 5.98. The summed E-state index contributed by atoms with van der Waals surface area (Å²) in [6.45, 7) is 3.61. The smallest absolute Gasteiger partial charge is 0.316 e. The van der Waals surface area contributed by atoms with Gasteiger partial charge in [-0.25, -0.2) is 9.97 Å². The molecule has 0 N–H and O–H groups in total. The van der Waals surface area contributed by atoms with E-state index in [1.54, 1.807) is 12.4 Å². The summed E-state index contributed by atoms with van der Waals surface area (Å²) in [5.41, 5.74) is 2.43. The number of aromatic nitrogens is 2. The first-order valence-corrected chi connectivity index (χ1v) is 9.05. The molecule has 25 heavy (non-hydrogen) atoms. The Hall–Kier alpha value is -1.99. The first-order valence-electron chi connectivity index (χ1n) is 8.26. The number of aliphatic imine (C=N–C) groups is 1. The molecule has 0 unspecified atom stereocenters. The quantitative estimate of drug-likeness (QED) is 0.676. The van der Waals surface area contributed by atoms with Crippen molar-refractivity contribution < 1.29 is 9.47 Å². The fraction of sp³-hybridized carbons (Fsp3) is 0.389. The maximum Gasteiger partial charge on any atom is 0.316 e. The molecule has 0 saturated heterocycles. The van der Waals surface area contributed by atoms with Crippen LogP contribution in [0.1, 0.15) is 11.1 Å². The summed E-state index contributed by atoms with van der Waals surface area (Å²) >= 11 is 3.30. The van der Waals surface area contributed by atoms with Gasteiger partial charge < -0.3 is 9.47 Å². The zero-order chi connectivity index (χ0) is 17.5. The molecule has 2 heterocycles. The van der Waals surface area contributed by atoms with Crippen LogP contribution in [0.4, 0.5) is 0 Å². The largest absolute Gasteiger partial charge is 0.492 e. The van der Waals surface area contributed by atoms with Crippen LogP contribution in [0.2, 0.25) is 0 Å². The van der Waals surface area contributed by atoms with Gasteiger partial charge in [-0.2, -0.15) is 0 Å². The molecule has 0 saturated carbocycles. The second-order valence-corrected chi connectivity index (χ2v) is 6.71. The van der Waals surface area contributed by atoms with Crippen LogP contribution in [0.5, 0.6) is 11.8 Å². The van der Waals surface area contributed by atoms with Gasteiger partial charge >= 0.3 is 6.01 Å². The molecule has 6 nitrogen and oxygen atoms in total. The predicted octanol–water partition coefficient (Wildman–Crippen LogP) is 2.60. The van der Waals surface area contributed by atoms with Crippen molar-refractivity contribution in [3.05, 3.63) is 46.2 Å². The monoisotopic (exact) mass is 404 g/mol. The van der Waals surface area contributed by atoms with E-state index in [2.05, 4.69) is 41.9 Å². The molecule has 0 atom stereocenters. The van der Waals surface area contributed by atoms with Crippen LogP contribution < -0.4 is 9.47 Å². The number of rotatable bonds is 8. The highest BCUT2D eigenvalue weighted by atomic mass is 79.9. The van der Waals surface area contributed by atoms with E-state index in [9.17, 15) is 0 Å². The summed E-state index contributed by atoms with van der Waals surface area (Å²) < 4.78 is 12.3. The van der Waals surface area contributed by atoms with Crippen molar-refractivity contribution in [3.8, 4) is 11.8 Å². The minimum atomic E-state index is 0.394. The summed E-state index contributed by atoms with van der Waals surface area (Å²) in [6.07, 6.45) is 6.22. The molecule has 2 aromatic rings. The van der Waals surface area contributed by atoms with Gasteiger partial charge in [-0.3, -0.25) is 9.89 Å². The van der Waals surface area contributed by atoms with Gasteiger partial charge in [0.1, 0.15) is 19.0 Å². The molecular formula is C18H21BrN4O2. The Morgan fingerprint density at radius 2 is 1.88 bits per heavy atom. The fourth-order valence-corrected chi connectivity index (χ4v) is 2.74. The molecule has 0 spiro atoms. The first-order chi connectivity index (χ1) is 12.2. The minimum absolute atomic E-state index is 0.394. The lowest BCUT2D eigenvalue weighted by Gasteiger charge is -2.19. The van der Waals surface area contributed by atoms with Crippen molar-refractivity contribution in [2.24, 2.45) is 4.99 Å². The number of ether oxygens (including phenoxy) is 2. The second kappa shape index (κ2) is 8.92. The Bertz CT molecular complexity index is 722. The summed E-state index contributed by atoms with van der Waals surface area (Å²) in [6, 6.07) is 6.52. The number of nitrogens with zero attached hydrogens (tertiary/aromatic N) is 4. The lowest BCUT2D eigenvalue weighted by atomic mass is 10.0. The van der Waals surface area contributed by atoms with E-state index < -0.39 is 0 Å². The van der Waals surface area contributed by atoms with Gasteiger partial charge in [-0.1, -0.05) is 12.1 Å². The molecule has 1 aromatic heterocycles. The molecule has 3 rings (SSSR count). The van der Waals surface area contributed by atoms with Crippen LogP contribution in [0.25, 0.3) is 0 Å². The third-order valence-electron chi connectivity index (χ3n) is 3.92. The number of benzene rings is 1. The van der Waals surface area contributed by atoms with E-state index in [1.165, 1.54) is 11.1 Å². The van der Waals surface area contributed by atoms with E-state index in [1.807, 2.05) is 25.4 Å². The molecule has 0 bridgehead atoms. The molecule has 0 fully saturated rings. The Morgan fingerprint density at radius 3 is 2.68 bits per heavy atom. The molecule has 0 aliphatic carbocycles. The molecule has 0 amide bonds. The Kier molecular flexibility index (Phi) is 6.36. The second-order valence-electron chi connectivity index (χ2n) is 5.79. The number of likely N-dealkylation sites (N-methyl/N-ethyl adjacent to an activating group) is 1. The zero-order valence-corrected chi connectivity index (χ0v) is 15.8. The number of hydrogen-bond acceptors (Lipinski definition) is 6. The van der Waals surface area contributed by atoms with E-state index in [0.29, 0.717) is 19.2 Å². The van der Waals surface area contributed by atoms with Crippen molar-refractivity contribution in [1.82, 2.24) is 14.9 Å². The third kappa shape index (κ3) is 5.24. The van der Waals surface area contributed by atoms with Gasteiger partial charge in [0.05, 0.1) is 4.47 Å². The van der Waals surface area contributed by atoms with Crippen molar-refractivity contribution in [2.75, 3.05) is 39.9 Å².